The van der Waals surface area contributed by atoms with Crippen molar-refractivity contribution in [2.45, 2.75) is 50.7 Å². The van der Waals surface area contributed by atoms with Crippen LogP contribution in [0.4, 0.5) is 0 Å². The maximum atomic E-state index is 9.45. The Hall–Kier alpha value is -0.120. The molecule has 0 radical (unpaired) electrons. The van der Waals surface area contributed by atoms with Crippen LogP contribution in [0.2, 0.25) is 0 Å². The van der Waals surface area contributed by atoms with Gasteiger partial charge in [-0.05, 0) is 52.2 Å². The SMILES string of the molecule is CN1CCCCC1CCN1CCC(O)CC1. The Bertz CT molecular complexity index is 202. The maximum absolute atomic E-state index is 9.45. The molecule has 3 nitrogen and oxygen atoms in total. The average Bonchev–Trinajstić information content (AvgIpc) is 2.30. The molecule has 2 heterocycles. The molecule has 0 amide bonds. The van der Waals surface area contributed by atoms with Crippen molar-refractivity contribution in [3.63, 3.8) is 0 Å². The molecule has 0 bridgehead atoms. The molecule has 2 fully saturated rings. The topological polar surface area (TPSA) is 26.7 Å². The summed E-state index contributed by atoms with van der Waals surface area (Å²) in [4.78, 5) is 5.05. The van der Waals surface area contributed by atoms with Crippen LogP contribution < -0.4 is 0 Å². The zero-order chi connectivity index (χ0) is 11.4. The minimum atomic E-state index is -0.0337. The van der Waals surface area contributed by atoms with Crippen LogP contribution in [0.5, 0.6) is 0 Å². The lowest BCUT2D eigenvalue weighted by molar-refractivity contribution is 0.0743. The third-order valence-corrected chi connectivity index (χ3v) is 4.26. The van der Waals surface area contributed by atoms with Crippen LogP contribution in [0.3, 0.4) is 0 Å². The summed E-state index contributed by atoms with van der Waals surface area (Å²) in [6, 6.07) is 0.806. The van der Waals surface area contributed by atoms with Gasteiger partial charge in [0.25, 0.3) is 0 Å². The zero-order valence-corrected chi connectivity index (χ0v) is 10.6. The summed E-state index contributed by atoms with van der Waals surface area (Å²) < 4.78 is 0. The highest BCUT2D eigenvalue weighted by molar-refractivity contribution is 4.77. The highest BCUT2D eigenvalue weighted by Gasteiger charge is 2.21. The number of aliphatic hydroxyl groups is 1. The first-order chi connectivity index (χ1) is 7.75. The van der Waals surface area contributed by atoms with Crippen molar-refractivity contribution < 1.29 is 5.11 Å². The number of rotatable bonds is 3. The fourth-order valence-corrected chi connectivity index (χ4v) is 2.98. The molecular formula is C13H26N2O. The summed E-state index contributed by atoms with van der Waals surface area (Å²) in [7, 11) is 2.27. The van der Waals surface area contributed by atoms with E-state index in [-0.39, 0.29) is 6.10 Å². The molecule has 0 aliphatic carbocycles. The minimum absolute atomic E-state index is 0.0337. The molecule has 2 aliphatic heterocycles. The first kappa shape index (κ1) is 12.3. The van der Waals surface area contributed by atoms with Gasteiger partial charge in [-0.15, -0.1) is 0 Å². The van der Waals surface area contributed by atoms with E-state index in [1.165, 1.54) is 38.8 Å². The molecule has 1 unspecified atom stereocenters. The first-order valence-electron chi connectivity index (χ1n) is 6.86. The molecule has 2 saturated heterocycles. The van der Waals surface area contributed by atoms with E-state index in [2.05, 4.69) is 16.8 Å². The fraction of sp³-hybridized carbons (Fsp3) is 1.00. The van der Waals surface area contributed by atoms with Crippen molar-refractivity contribution in [2.24, 2.45) is 0 Å². The third-order valence-electron chi connectivity index (χ3n) is 4.26. The average molecular weight is 226 g/mol. The molecule has 0 aromatic heterocycles. The van der Waals surface area contributed by atoms with Crippen LogP contribution in [0, 0.1) is 0 Å². The van der Waals surface area contributed by atoms with E-state index >= 15 is 0 Å². The number of nitrogens with zero attached hydrogens (tertiary/aromatic N) is 2. The standard InChI is InChI=1S/C13H26N2O/c1-14-8-3-2-4-12(14)5-9-15-10-6-13(16)7-11-15/h12-13,16H,2-11H2,1H3. The lowest BCUT2D eigenvalue weighted by Crippen LogP contribution is -2.41. The molecule has 0 spiro atoms. The number of hydrogen-bond donors (Lipinski definition) is 1. The van der Waals surface area contributed by atoms with Gasteiger partial charge in [-0.1, -0.05) is 6.42 Å². The molecule has 0 saturated carbocycles. The second kappa shape index (κ2) is 5.99. The molecule has 2 rings (SSSR count). The second-order valence-electron chi connectivity index (χ2n) is 5.49. The summed E-state index contributed by atoms with van der Waals surface area (Å²) in [5, 5.41) is 9.45. The van der Waals surface area contributed by atoms with Crippen molar-refractivity contribution in [3.8, 4) is 0 Å². The zero-order valence-electron chi connectivity index (χ0n) is 10.6. The van der Waals surface area contributed by atoms with Gasteiger partial charge in [0, 0.05) is 19.1 Å². The number of hydrogen-bond acceptors (Lipinski definition) is 3. The lowest BCUT2D eigenvalue weighted by atomic mass is 9.99. The Balaban J connectivity index is 1.66. The van der Waals surface area contributed by atoms with Gasteiger partial charge in [-0.25, -0.2) is 0 Å². The Morgan fingerprint density at radius 1 is 1.06 bits per heavy atom. The van der Waals surface area contributed by atoms with Gasteiger partial charge in [0.15, 0.2) is 0 Å². The largest absolute Gasteiger partial charge is 0.393 e. The quantitative estimate of drug-likeness (QED) is 0.786. The smallest absolute Gasteiger partial charge is 0.0564 e. The molecule has 1 atom stereocenters. The highest BCUT2D eigenvalue weighted by Crippen LogP contribution is 2.19. The molecule has 0 aromatic carbocycles. The predicted octanol–water partition coefficient (Wildman–Crippen LogP) is 1.32. The number of likely N-dealkylation sites (tertiary alicyclic amines) is 2. The molecule has 0 aromatic rings. The highest BCUT2D eigenvalue weighted by atomic mass is 16.3. The van der Waals surface area contributed by atoms with Gasteiger partial charge in [0.1, 0.15) is 0 Å². The lowest BCUT2D eigenvalue weighted by Gasteiger charge is -2.35. The Morgan fingerprint density at radius 3 is 2.50 bits per heavy atom. The van der Waals surface area contributed by atoms with Gasteiger partial charge in [0.2, 0.25) is 0 Å². The Kier molecular flexibility index (Phi) is 4.62. The monoisotopic (exact) mass is 226 g/mol. The Morgan fingerprint density at radius 2 is 1.81 bits per heavy atom. The Labute approximate surface area is 99.4 Å². The van der Waals surface area contributed by atoms with Crippen molar-refractivity contribution in [1.82, 2.24) is 9.80 Å². The van der Waals surface area contributed by atoms with Crippen molar-refractivity contribution in [1.29, 1.82) is 0 Å². The van der Waals surface area contributed by atoms with Crippen LogP contribution in [-0.4, -0.2) is 60.3 Å². The molecule has 1 N–H and O–H groups in total. The molecular weight excluding hydrogens is 200 g/mol. The van der Waals surface area contributed by atoms with E-state index in [1.807, 2.05) is 0 Å². The number of piperidine rings is 2. The molecule has 2 aliphatic rings. The van der Waals surface area contributed by atoms with Gasteiger partial charge in [-0.3, -0.25) is 0 Å². The van der Waals surface area contributed by atoms with Crippen LogP contribution in [0.1, 0.15) is 38.5 Å². The fourth-order valence-electron chi connectivity index (χ4n) is 2.98. The molecule has 3 heteroatoms. The summed E-state index contributed by atoms with van der Waals surface area (Å²) in [5.41, 5.74) is 0. The van der Waals surface area contributed by atoms with E-state index in [1.54, 1.807) is 0 Å². The van der Waals surface area contributed by atoms with Gasteiger partial charge >= 0.3 is 0 Å². The third kappa shape index (κ3) is 3.44. The number of aliphatic hydroxyl groups excluding tert-OH is 1. The summed E-state index contributed by atoms with van der Waals surface area (Å²) in [5.74, 6) is 0. The first-order valence-corrected chi connectivity index (χ1v) is 6.86. The van der Waals surface area contributed by atoms with Crippen LogP contribution in [-0.2, 0) is 0 Å². The summed E-state index contributed by atoms with van der Waals surface area (Å²) >= 11 is 0. The van der Waals surface area contributed by atoms with Crippen LogP contribution in [0.25, 0.3) is 0 Å². The van der Waals surface area contributed by atoms with E-state index in [9.17, 15) is 5.11 Å². The normalized spacial score (nSPS) is 30.8. The summed E-state index contributed by atoms with van der Waals surface area (Å²) in [6.45, 7) is 4.69. The van der Waals surface area contributed by atoms with Crippen LogP contribution >= 0.6 is 0 Å². The van der Waals surface area contributed by atoms with Crippen LogP contribution in [0.15, 0.2) is 0 Å². The molecule has 94 valence electrons. The predicted molar refractivity (Wildman–Crippen MR) is 66.6 cm³/mol. The van der Waals surface area contributed by atoms with E-state index < -0.39 is 0 Å². The summed E-state index contributed by atoms with van der Waals surface area (Å²) in [6.07, 6.45) is 7.39. The maximum Gasteiger partial charge on any atom is 0.0564 e. The van der Waals surface area contributed by atoms with E-state index in [0.717, 1.165) is 32.0 Å². The second-order valence-corrected chi connectivity index (χ2v) is 5.49. The van der Waals surface area contributed by atoms with Crippen molar-refractivity contribution in [2.75, 3.05) is 33.2 Å². The van der Waals surface area contributed by atoms with E-state index in [0.29, 0.717) is 0 Å². The van der Waals surface area contributed by atoms with Gasteiger partial charge in [-0.2, -0.15) is 0 Å². The van der Waals surface area contributed by atoms with E-state index in [4.69, 9.17) is 0 Å². The van der Waals surface area contributed by atoms with Gasteiger partial charge in [0.05, 0.1) is 6.10 Å². The minimum Gasteiger partial charge on any atom is -0.393 e. The van der Waals surface area contributed by atoms with Crippen molar-refractivity contribution in [3.05, 3.63) is 0 Å². The van der Waals surface area contributed by atoms with Gasteiger partial charge < -0.3 is 14.9 Å². The van der Waals surface area contributed by atoms with Crippen molar-refractivity contribution >= 4 is 0 Å². The molecule has 16 heavy (non-hydrogen) atoms.